The van der Waals surface area contributed by atoms with E-state index in [-0.39, 0.29) is 11.6 Å². The molecule has 0 saturated carbocycles. The van der Waals surface area contributed by atoms with Crippen LogP contribution in [-0.4, -0.2) is 12.1 Å². The Hall–Kier alpha value is -2.75. The Morgan fingerprint density at radius 1 is 0.773 bits per heavy atom. The van der Waals surface area contributed by atoms with Crippen LogP contribution in [0.4, 0.5) is 8.78 Å². The monoisotopic (exact) mass is 297 g/mol. The number of nitrogens with zero attached hydrogens (tertiary/aromatic N) is 1. The molecule has 0 atom stereocenters. The molecule has 1 heterocycles. The summed E-state index contributed by atoms with van der Waals surface area (Å²) in [6.45, 7) is 0. The fourth-order valence-electron chi connectivity index (χ4n) is 2.21. The van der Waals surface area contributed by atoms with Crippen molar-refractivity contribution >= 4 is 0 Å². The maximum atomic E-state index is 13.4. The number of aromatic nitrogens is 1. The number of methoxy groups -OCH3 is 1. The number of benzene rings is 2. The predicted molar refractivity (Wildman–Crippen MR) is 81.6 cm³/mol. The first-order valence-electron chi connectivity index (χ1n) is 6.73. The SMILES string of the molecule is COc1cc(-c2cccc(F)c2)nc(-c2cccc(F)c2)c1. The molecular formula is C18H13F2NO. The van der Waals surface area contributed by atoms with Crippen molar-refractivity contribution < 1.29 is 13.5 Å². The molecule has 0 radical (unpaired) electrons. The van der Waals surface area contributed by atoms with Crippen molar-refractivity contribution in [1.29, 1.82) is 0 Å². The van der Waals surface area contributed by atoms with Crippen LogP contribution in [0.25, 0.3) is 22.5 Å². The molecule has 0 amide bonds. The molecule has 3 aromatic rings. The molecule has 0 spiro atoms. The van der Waals surface area contributed by atoms with Crippen LogP contribution < -0.4 is 4.74 Å². The first kappa shape index (κ1) is 14.2. The van der Waals surface area contributed by atoms with Crippen molar-refractivity contribution in [3.8, 4) is 28.3 Å². The molecule has 0 aliphatic rings. The fraction of sp³-hybridized carbons (Fsp3) is 0.0556. The van der Waals surface area contributed by atoms with Gasteiger partial charge in [-0.15, -0.1) is 0 Å². The minimum Gasteiger partial charge on any atom is -0.497 e. The summed E-state index contributed by atoms with van der Waals surface area (Å²) in [5.74, 6) is -0.0997. The van der Waals surface area contributed by atoms with Crippen LogP contribution in [-0.2, 0) is 0 Å². The minimum absolute atomic E-state index is 0.338. The fourth-order valence-corrected chi connectivity index (χ4v) is 2.21. The number of ether oxygens (including phenoxy) is 1. The van der Waals surface area contributed by atoms with Crippen molar-refractivity contribution in [3.05, 3.63) is 72.3 Å². The average Bonchev–Trinajstić information content (AvgIpc) is 2.54. The number of pyridine rings is 1. The zero-order valence-electron chi connectivity index (χ0n) is 11.9. The second-order valence-corrected chi connectivity index (χ2v) is 4.80. The lowest BCUT2D eigenvalue weighted by Crippen LogP contribution is -1.92. The van der Waals surface area contributed by atoms with Crippen LogP contribution in [0.3, 0.4) is 0 Å². The smallest absolute Gasteiger partial charge is 0.123 e. The van der Waals surface area contributed by atoms with E-state index < -0.39 is 0 Å². The van der Waals surface area contributed by atoms with E-state index >= 15 is 0 Å². The van der Waals surface area contributed by atoms with Crippen LogP contribution in [0, 0.1) is 11.6 Å². The number of halogens is 2. The molecular weight excluding hydrogens is 284 g/mol. The van der Waals surface area contributed by atoms with E-state index in [1.165, 1.54) is 24.3 Å². The summed E-state index contributed by atoms with van der Waals surface area (Å²) in [5, 5.41) is 0. The van der Waals surface area contributed by atoms with Crippen LogP contribution in [0.5, 0.6) is 5.75 Å². The molecule has 3 rings (SSSR count). The van der Waals surface area contributed by atoms with E-state index in [1.54, 1.807) is 43.5 Å². The summed E-state index contributed by atoms with van der Waals surface area (Å²) in [6, 6.07) is 15.7. The highest BCUT2D eigenvalue weighted by Crippen LogP contribution is 2.28. The second kappa shape index (κ2) is 5.93. The van der Waals surface area contributed by atoms with Gasteiger partial charge in [0.1, 0.15) is 17.4 Å². The van der Waals surface area contributed by atoms with Gasteiger partial charge in [-0.25, -0.2) is 13.8 Å². The van der Waals surface area contributed by atoms with E-state index in [0.717, 1.165) is 0 Å². The molecule has 1 aromatic heterocycles. The minimum atomic E-state index is -0.338. The molecule has 0 saturated heterocycles. The van der Waals surface area contributed by atoms with Gasteiger partial charge < -0.3 is 4.74 Å². The van der Waals surface area contributed by atoms with Crippen LogP contribution in [0.15, 0.2) is 60.7 Å². The standard InChI is InChI=1S/C18H13F2NO/c1-22-16-10-17(12-4-2-6-14(19)8-12)21-18(11-16)13-5-3-7-15(20)9-13/h2-11H,1H3. The lowest BCUT2D eigenvalue weighted by Gasteiger charge is -2.09. The summed E-state index contributed by atoms with van der Waals surface area (Å²) < 4.78 is 32.1. The lowest BCUT2D eigenvalue weighted by molar-refractivity contribution is 0.414. The summed E-state index contributed by atoms with van der Waals surface area (Å²) in [7, 11) is 1.54. The number of hydrogen-bond donors (Lipinski definition) is 0. The van der Waals surface area contributed by atoms with E-state index in [0.29, 0.717) is 28.3 Å². The Labute approximate surface area is 127 Å². The van der Waals surface area contributed by atoms with Gasteiger partial charge in [-0.1, -0.05) is 24.3 Å². The molecule has 0 unspecified atom stereocenters. The largest absolute Gasteiger partial charge is 0.497 e. The van der Waals surface area contributed by atoms with Gasteiger partial charge in [0.2, 0.25) is 0 Å². The van der Waals surface area contributed by atoms with Crippen molar-refractivity contribution in [3.63, 3.8) is 0 Å². The quantitative estimate of drug-likeness (QED) is 0.699. The predicted octanol–water partition coefficient (Wildman–Crippen LogP) is 4.70. The van der Waals surface area contributed by atoms with Gasteiger partial charge in [-0.05, 0) is 24.3 Å². The zero-order valence-corrected chi connectivity index (χ0v) is 11.9. The van der Waals surface area contributed by atoms with Gasteiger partial charge in [0, 0.05) is 23.3 Å². The molecule has 2 nitrogen and oxygen atoms in total. The first-order chi connectivity index (χ1) is 10.7. The third-order valence-corrected chi connectivity index (χ3v) is 3.28. The summed E-state index contributed by atoms with van der Waals surface area (Å²) in [5.41, 5.74) is 2.41. The summed E-state index contributed by atoms with van der Waals surface area (Å²) in [6.07, 6.45) is 0. The molecule has 0 bridgehead atoms. The number of hydrogen-bond acceptors (Lipinski definition) is 2. The highest BCUT2D eigenvalue weighted by Gasteiger charge is 2.09. The lowest BCUT2D eigenvalue weighted by atomic mass is 10.1. The summed E-state index contributed by atoms with van der Waals surface area (Å²) >= 11 is 0. The van der Waals surface area contributed by atoms with Crippen molar-refractivity contribution in [2.45, 2.75) is 0 Å². The van der Waals surface area contributed by atoms with Crippen LogP contribution >= 0.6 is 0 Å². The van der Waals surface area contributed by atoms with Gasteiger partial charge in [0.05, 0.1) is 18.5 Å². The maximum absolute atomic E-state index is 13.4. The first-order valence-corrected chi connectivity index (χ1v) is 6.73. The van der Waals surface area contributed by atoms with Gasteiger partial charge in [0.15, 0.2) is 0 Å². The highest BCUT2D eigenvalue weighted by atomic mass is 19.1. The molecule has 0 N–H and O–H groups in total. The van der Waals surface area contributed by atoms with E-state index in [2.05, 4.69) is 4.98 Å². The second-order valence-electron chi connectivity index (χ2n) is 4.80. The number of rotatable bonds is 3. The van der Waals surface area contributed by atoms with Gasteiger partial charge in [-0.3, -0.25) is 0 Å². The highest BCUT2D eigenvalue weighted by molar-refractivity contribution is 5.68. The van der Waals surface area contributed by atoms with Gasteiger partial charge >= 0.3 is 0 Å². The van der Waals surface area contributed by atoms with Gasteiger partial charge in [0.25, 0.3) is 0 Å². The van der Waals surface area contributed by atoms with Crippen molar-refractivity contribution in [2.75, 3.05) is 7.11 Å². The Bertz CT molecular complexity index is 754. The summed E-state index contributed by atoms with van der Waals surface area (Å²) in [4.78, 5) is 4.49. The molecule has 0 aliphatic carbocycles. The Morgan fingerprint density at radius 2 is 1.27 bits per heavy atom. The molecule has 0 fully saturated rings. The molecule has 2 aromatic carbocycles. The van der Waals surface area contributed by atoms with E-state index in [9.17, 15) is 8.78 Å². The van der Waals surface area contributed by atoms with Gasteiger partial charge in [-0.2, -0.15) is 0 Å². The molecule has 110 valence electrons. The third kappa shape index (κ3) is 2.96. The molecule has 0 aliphatic heterocycles. The molecule has 22 heavy (non-hydrogen) atoms. The van der Waals surface area contributed by atoms with Crippen LogP contribution in [0.1, 0.15) is 0 Å². The van der Waals surface area contributed by atoms with E-state index in [1.807, 2.05) is 0 Å². The van der Waals surface area contributed by atoms with Crippen molar-refractivity contribution in [2.24, 2.45) is 0 Å². The topological polar surface area (TPSA) is 22.1 Å². The maximum Gasteiger partial charge on any atom is 0.123 e. The third-order valence-electron chi connectivity index (χ3n) is 3.28. The van der Waals surface area contributed by atoms with Crippen molar-refractivity contribution in [1.82, 2.24) is 4.98 Å². The molecule has 4 heteroatoms. The Morgan fingerprint density at radius 3 is 1.68 bits per heavy atom. The van der Waals surface area contributed by atoms with Crippen LogP contribution in [0.2, 0.25) is 0 Å². The average molecular weight is 297 g/mol. The van der Waals surface area contributed by atoms with E-state index in [4.69, 9.17) is 4.74 Å². The normalized spacial score (nSPS) is 10.5. The Balaban J connectivity index is 2.14. The Kier molecular flexibility index (Phi) is 3.83. The zero-order chi connectivity index (χ0) is 15.5.